The van der Waals surface area contributed by atoms with Crippen molar-refractivity contribution < 1.29 is 0 Å². The summed E-state index contributed by atoms with van der Waals surface area (Å²) in [5, 5.41) is 17.0. The molecule has 86 valence electrons. The molecule has 1 N–H and O–H groups in total. The van der Waals surface area contributed by atoms with Crippen LogP contribution in [-0.4, -0.2) is 6.04 Å². The van der Waals surface area contributed by atoms with E-state index in [9.17, 15) is 0 Å². The van der Waals surface area contributed by atoms with Crippen LogP contribution in [0.5, 0.6) is 0 Å². The van der Waals surface area contributed by atoms with Crippen molar-refractivity contribution in [2.45, 2.75) is 45.2 Å². The quantitative estimate of drug-likeness (QED) is 0.871. The van der Waals surface area contributed by atoms with Gasteiger partial charge in [-0.25, -0.2) is 0 Å². The van der Waals surface area contributed by atoms with Crippen molar-refractivity contribution in [2.75, 3.05) is 0 Å². The Balaban J connectivity index is 1.89. The lowest BCUT2D eigenvalue weighted by atomic mass is 9.85. The van der Waals surface area contributed by atoms with E-state index in [-0.39, 0.29) is 5.92 Å². The van der Waals surface area contributed by atoms with E-state index in [0.717, 1.165) is 19.4 Å². The molecule has 1 aromatic rings. The predicted molar refractivity (Wildman–Crippen MR) is 67.3 cm³/mol. The Morgan fingerprint density at radius 3 is 2.94 bits per heavy atom. The monoisotopic (exact) mass is 234 g/mol. The van der Waals surface area contributed by atoms with E-state index in [4.69, 9.17) is 5.26 Å². The molecular weight excluding hydrogens is 216 g/mol. The zero-order valence-corrected chi connectivity index (χ0v) is 10.5. The normalized spacial score (nSPS) is 25.2. The van der Waals surface area contributed by atoms with Gasteiger partial charge in [-0.2, -0.15) is 16.6 Å². The van der Waals surface area contributed by atoms with Gasteiger partial charge in [0.05, 0.1) is 12.0 Å². The summed E-state index contributed by atoms with van der Waals surface area (Å²) in [6.45, 7) is 3.06. The van der Waals surface area contributed by atoms with Gasteiger partial charge in [0.25, 0.3) is 0 Å². The lowest BCUT2D eigenvalue weighted by molar-refractivity contribution is 0.311. The fourth-order valence-corrected chi connectivity index (χ4v) is 3.20. The zero-order chi connectivity index (χ0) is 11.4. The van der Waals surface area contributed by atoms with Crippen LogP contribution < -0.4 is 5.32 Å². The van der Waals surface area contributed by atoms with Crippen molar-refractivity contribution in [3.8, 4) is 6.07 Å². The van der Waals surface area contributed by atoms with E-state index in [0.29, 0.717) is 6.04 Å². The van der Waals surface area contributed by atoms with Crippen molar-refractivity contribution in [3.63, 3.8) is 0 Å². The van der Waals surface area contributed by atoms with Crippen LogP contribution in [0.4, 0.5) is 0 Å². The third kappa shape index (κ3) is 2.63. The molecule has 1 aliphatic rings. The van der Waals surface area contributed by atoms with Gasteiger partial charge < -0.3 is 5.32 Å². The van der Waals surface area contributed by atoms with Crippen molar-refractivity contribution in [1.29, 1.82) is 5.26 Å². The first-order valence-corrected chi connectivity index (χ1v) is 6.90. The number of nitrogens with one attached hydrogen (secondary N) is 1. The predicted octanol–water partition coefficient (Wildman–Crippen LogP) is 3.23. The fraction of sp³-hybridized carbons (Fsp3) is 0.615. The summed E-state index contributed by atoms with van der Waals surface area (Å²) in [5.41, 5.74) is 2.74. The molecule has 1 fully saturated rings. The van der Waals surface area contributed by atoms with Gasteiger partial charge >= 0.3 is 0 Å². The third-order valence-electron chi connectivity index (χ3n) is 3.45. The highest BCUT2D eigenvalue weighted by atomic mass is 32.1. The van der Waals surface area contributed by atoms with Crippen LogP contribution in [0, 0.1) is 24.2 Å². The molecule has 1 heterocycles. The SMILES string of the molecule is Cc1cscc1CNC1CCCCC1C#N. The summed E-state index contributed by atoms with van der Waals surface area (Å²) in [6.07, 6.45) is 4.70. The first-order valence-electron chi connectivity index (χ1n) is 5.96. The van der Waals surface area contributed by atoms with Crippen molar-refractivity contribution in [3.05, 3.63) is 21.9 Å². The maximum Gasteiger partial charge on any atom is 0.0672 e. The lowest BCUT2D eigenvalue weighted by Gasteiger charge is -2.27. The molecule has 0 bridgehead atoms. The number of rotatable bonds is 3. The van der Waals surface area contributed by atoms with Crippen LogP contribution in [0.1, 0.15) is 36.8 Å². The molecule has 16 heavy (non-hydrogen) atoms. The molecule has 3 heteroatoms. The minimum absolute atomic E-state index is 0.215. The smallest absolute Gasteiger partial charge is 0.0672 e. The molecule has 0 spiro atoms. The number of hydrogen-bond acceptors (Lipinski definition) is 3. The van der Waals surface area contributed by atoms with Crippen molar-refractivity contribution >= 4 is 11.3 Å². The number of nitrogens with zero attached hydrogens (tertiary/aromatic N) is 1. The van der Waals surface area contributed by atoms with E-state index in [1.54, 1.807) is 11.3 Å². The standard InChI is InChI=1S/C13H18N2S/c1-10-8-16-9-12(10)7-15-13-5-3-2-4-11(13)6-14/h8-9,11,13,15H,2-5,7H2,1H3. The van der Waals surface area contributed by atoms with Crippen LogP contribution in [0.25, 0.3) is 0 Å². The van der Waals surface area contributed by atoms with Crippen LogP contribution in [0.15, 0.2) is 10.8 Å². The topological polar surface area (TPSA) is 35.8 Å². The molecule has 2 unspecified atom stereocenters. The van der Waals surface area contributed by atoms with Gasteiger partial charge in [-0.05, 0) is 41.7 Å². The van der Waals surface area contributed by atoms with E-state index in [1.165, 1.54) is 24.0 Å². The van der Waals surface area contributed by atoms with Crippen LogP contribution in [-0.2, 0) is 6.54 Å². The van der Waals surface area contributed by atoms with E-state index in [2.05, 4.69) is 29.1 Å². The Bertz CT molecular complexity index is 378. The van der Waals surface area contributed by atoms with E-state index in [1.807, 2.05) is 0 Å². The summed E-state index contributed by atoms with van der Waals surface area (Å²) in [5.74, 6) is 0.215. The number of aryl methyl sites for hydroxylation is 1. The molecule has 1 aromatic heterocycles. The summed E-state index contributed by atoms with van der Waals surface area (Å²) in [6, 6.07) is 2.84. The molecule has 0 amide bonds. The van der Waals surface area contributed by atoms with Gasteiger partial charge in [0, 0.05) is 12.6 Å². The molecular formula is C13H18N2S. The molecule has 0 saturated heterocycles. The lowest BCUT2D eigenvalue weighted by Crippen LogP contribution is -2.37. The highest BCUT2D eigenvalue weighted by Crippen LogP contribution is 2.24. The molecule has 1 saturated carbocycles. The summed E-state index contributed by atoms with van der Waals surface area (Å²) in [7, 11) is 0. The van der Waals surface area contributed by atoms with Crippen molar-refractivity contribution in [2.24, 2.45) is 5.92 Å². The number of hydrogen-bond donors (Lipinski definition) is 1. The number of thiophene rings is 1. The van der Waals surface area contributed by atoms with E-state index >= 15 is 0 Å². The fourth-order valence-electron chi connectivity index (χ4n) is 2.34. The van der Waals surface area contributed by atoms with Crippen LogP contribution in [0.3, 0.4) is 0 Å². The maximum absolute atomic E-state index is 9.09. The first-order chi connectivity index (χ1) is 7.81. The van der Waals surface area contributed by atoms with Gasteiger partial charge in [-0.1, -0.05) is 12.8 Å². The van der Waals surface area contributed by atoms with Gasteiger partial charge in [-0.3, -0.25) is 0 Å². The first kappa shape index (κ1) is 11.6. The second kappa shape index (κ2) is 5.47. The number of nitriles is 1. The Morgan fingerprint density at radius 2 is 2.25 bits per heavy atom. The molecule has 2 atom stereocenters. The summed E-state index contributed by atoms with van der Waals surface area (Å²) < 4.78 is 0. The zero-order valence-electron chi connectivity index (χ0n) is 9.70. The van der Waals surface area contributed by atoms with Gasteiger partial charge in [0.1, 0.15) is 0 Å². The largest absolute Gasteiger partial charge is 0.309 e. The van der Waals surface area contributed by atoms with Crippen LogP contribution in [0.2, 0.25) is 0 Å². The second-order valence-corrected chi connectivity index (χ2v) is 5.33. The molecule has 2 rings (SSSR count). The minimum Gasteiger partial charge on any atom is -0.309 e. The molecule has 2 nitrogen and oxygen atoms in total. The van der Waals surface area contributed by atoms with Crippen molar-refractivity contribution in [1.82, 2.24) is 5.32 Å². The average molecular weight is 234 g/mol. The second-order valence-electron chi connectivity index (χ2n) is 4.59. The Labute approximate surface area is 101 Å². The average Bonchev–Trinajstić information content (AvgIpc) is 2.72. The third-order valence-corrected chi connectivity index (χ3v) is 4.36. The Morgan fingerprint density at radius 1 is 1.44 bits per heavy atom. The maximum atomic E-state index is 9.09. The minimum atomic E-state index is 0.215. The highest BCUT2D eigenvalue weighted by Gasteiger charge is 2.24. The van der Waals surface area contributed by atoms with Gasteiger partial charge in [-0.15, -0.1) is 0 Å². The van der Waals surface area contributed by atoms with Crippen LogP contribution >= 0.6 is 11.3 Å². The van der Waals surface area contributed by atoms with Gasteiger partial charge in [0.2, 0.25) is 0 Å². The summed E-state index contributed by atoms with van der Waals surface area (Å²) >= 11 is 1.75. The molecule has 0 aromatic carbocycles. The van der Waals surface area contributed by atoms with E-state index < -0.39 is 0 Å². The van der Waals surface area contributed by atoms with Gasteiger partial charge in [0.15, 0.2) is 0 Å². The Kier molecular flexibility index (Phi) is 3.98. The highest BCUT2D eigenvalue weighted by molar-refractivity contribution is 7.08. The molecule has 0 aliphatic heterocycles. The Hall–Kier alpha value is -0.850. The summed E-state index contributed by atoms with van der Waals surface area (Å²) in [4.78, 5) is 0. The molecule has 1 aliphatic carbocycles. The molecule has 0 radical (unpaired) electrons.